The maximum Gasteiger partial charge on any atom is 0.330 e. The molecule has 1 rings (SSSR count). The van der Waals surface area contributed by atoms with Gasteiger partial charge in [-0.25, -0.2) is 4.79 Å². The first-order valence-electron chi connectivity index (χ1n) is 4.99. The molecule has 1 saturated carbocycles. The topological polar surface area (TPSA) is 26.3 Å². The lowest BCUT2D eigenvalue weighted by atomic mass is 10.0. The molecule has 0 spiro atoms. The van der Waals surface area contributed by atoms with Crippen molar-refractivity contribution in [1.82, 2.24) is 0 Å². The van der Waals surface area contributed by atoms with E-state index in [9.17, 15) is 4.79 Å². The number of hydrogen-bond acceptors (Lipinski definition) is 2. The van der Waals surface area contributed by atoms with E-state index in [1.165, 1.54) is 31.9 Å². The number of ether oxygens (including phenoxy) is 1. The van der Waals surface area contributed by atoms with Crippen LogP contribution in [0, 0.1) is 5.92 Å². The van der Waals surface area contributed by atoms with Gasteiger partial charge in [-0.1, -0.05) is 18.9 Å². The Hall–Kier alpha value is -0.790. The number of carbonyl (C=O) groups is 1. The van der Waals surface area contributed by atoms with Gasteiger partial charge in [0.15, 0.2) is 0 Å². The molecule has 0 aromatic carbocycles. The highest BCUT2D eigenvalue weighted by atomic mass is 16.5. The molecular weight excluding hydrogens is 164 g/mol. The van der Waals surface area contributed by atoms with Gasteiger partial charge in [0, 0.05) is 6.08 Å². The van der Waals surface area contributed by atoms with Crippen molar-refractivity contribution < 1.29 is 9.53 Å². The standard InChI is InChI=1S/C11H18O2/c1-9-4-3-5-10(7-6-9)8-11(12)13-2/h8-9H,3-7H2,1-2H3/b10-8-. The van der Waals surface area contributed by atoms with Crippen LogP contribution in [-0.2, 0) is 9.53 Å². The van der Waals surface area contributed by atoms with E-state index in [1.54, 1.807) is 6.08 Å². The van der Waals surface area contributed by atoms with Crippen LogP contribution in [0.2, 0.25) is 0 Å². The largest absolute Gasteiger partial charge is 0.466 e. The molecule has 1 unspecified atom stereocenters. The van der Waals surface area contributed by atoms with Gasteiger partial charge in [0.25, 0.3) is 0 Å². The van der Waals surface area contributed by atoms with Crippen molar-refractivity contribution in [2.75, 3.05) is 7.11 Å². The number of carbonyl (C=O) groups excluding carboxylic acids is 1. The van der Waals surface area contributed by atoms with Crippen molar-refractivity contribution >= 4 is 5.97 Å². The Morgan fingerprint density at radius 1 is 1.46 bits per heavy atom. The molecule has 2 nitrogen and oxygen atoms in total. The van der Waals surface area contributed by atoms with E-state index >= 15 is 0 Å². The number of rotatable bonds is 1. The normalized spacial score (nSPS) is 26.9. The fraction of sp³-hybridized carbons (Fsp3) is 0.727. The Bertz CT molecular complexity index is 206. The van der Waals surface area contributed by atoms with Crippen molar-refractivity contribution in [3.8, 4) is 0 Å². The lowest BCUT2D eigenvalue weighted by molar-refractivity contribution is -0.134. The van der Waals surface area contributed by atoms with E-state index in [2.05, 4.69) is 11.7 Å². The maximum atomic E-state index is 11.0. The molecule has 0 aromatic heterocycles. The smallest absolute Gasteiger partial charge is 0.330 e. The van der Waals surface area contributed by atoms with Gasteiger partial charge in [0.2, 0.25) is 0 Å². The highest BCUT2D eigenvalue weighted by Gasteiger charge is 2.11. The molecule has 0 heterocycles. The number of allylic oxidation sites excluding steroid dienone is 1. The molecule has 1 fully saturated rings. The predicted molar refractivity (Wildman–Crippen MR) is 52.3 cm³/mol. The average Bonchev–Trinajstić information content (AvgIpc) is 2.31. The fourth-order valence-corrected chi connectivity index (χ4v) is 1.75. The Kier molecular flexibility index (Phi) is 4.00. The minimum Gasteiger partial charge on any atom is -0.466 e. The molecule has 0 radical (unpaired) electrons. The number of esters is 1. The molecular formula is C11H18O2. The third-order valence-electron chi connectivity index (χ3n) is 2.68. The van der Waals surface area contributed by atoms with Crippen LogP contribution in [-0.4, -0.2) is 13.1 Å². The molecule has 1 aliphatic carbocycles. The second kappa shape index (κ2) is 5.05. The minimum absolute atomic E-state index is 0.204. The molecule has 1 atom stereocenters. The van der Waals surface area contributed by atoms with Gasteiger partial charge in [-0.2, -0.15) is 0 Å². The molecule has 0 aliphatic heterocycles. The molecule has 1 aliphatic rings. The van der Waals surface area contributed by atoms with Crippen LogP contribution in [0.3, 0.4) is 0 Å². The van der Waals surface area contributed by atoms with E-state index in [4.69, 9.17) is 0 Å². The van der Waals surface area contributed by atoms with Gasteiger partial charge < -0.3 is 4.74 Å². The molecule has 0 N–H and O–H groups in total. The van der Waals surface area contributed by atoms with Gasteiger partial charge >= 0.3 is 5.97 Å². The number of methoxy groups -OCH3 is 1. The quantitative estimate of drug-likeness (QED) is 0.354. The summed E-state index contributed by atoms with van der Waals surface area (Å²) in [7, 11) is 1.43. The van der Waals surface area contributed by atoms with Crippen molar-refractivity contribution in [3.63, 3.8) is 0 Å². The van der Waals surface area contributed by atoms with Crippen molar-refractivity contribution in [1.29, 1.82) is 0 Å². The van der Waals surface area contributed by atoms with Crippen LogP contribution in [0.5, 0.6) is 0 Å². The van der Waals surface area contributed by atoms with Crippen LogP contribution < -0.4 is 0 Å². The van der Waals surface area contributed by atoms with E-state index in [1.807, 2.05) is 0 Å². The molecule has 2 heteroatoms. The summed E-state index contributed by atoms with van der Waals surface area (Å²) in [6, 6.07) is 0. The molecule has 0 saturated heterocycles. The summed E-state index contributed by atoms with van der Waals surface area (Å²) in [4.78, 5) is 11.0. The third kappa shape index (κ3) is 3.62. The predicted octanol–water partition coefficient (Wildman–Crippen LogP) is 2.69. The van der Waals surface area contributed by atoms with Crippen molar-refractivity contribution in [2.24, 2.45) is 5.92 Å². The van der Waals surface area contributed by atoms with Crippen LogP contribution in [0.25, 0.3) is 0 Å². The molecule has 0 aromatic rings. The summed E-state index contributed by atoms with van der Waals surface area (Å²) in [5.74, 6) is 0.605. The van der Waals surface area contributed by atoms with Crippen LogP contribution in [0.4, 0.5) is 0 Å². The Labute approximate surface area is 80.0 Å². The Morgan fingerprint density at radius 2 is 2.23 bits per heavy atom. The summed E-state index contributed by atoms with van der Waals surface area (Å²) >= 11 is 0. The molecule has 0 amide bonds. The zero-order chi connectivity index (χ0) is 9.68. The second-order valence-electron chi connectivity index (χ2n) is 3.86. The first-order chi connectivity index (χ1) is 6.22. The SMILES string of the molecule is COC(=O)/C=C1/CCCC(C)CC1. The molecule has 74 valence electrons. The van der Waals surface area contributed by atoms with Crippen molar-refractivity contribution in [2.45, 2.75) is 39.0 Å². The zero-order valence-electron chi connectivity index (χ0n) is 8.51. The minimum atomic E-state index is -0.204. The van der Waals surface area contributed by atoms with Crippen LogP contribution >= 0.6 is 0 Å². The second-order valence-corrected chi connectivity index (χ2v) is 3.86. The highest BCUT2D eigenvalue weighted by Crippen LogP contribution is 2.26. The van der Waals surface area contributed by atoms with E-state index < -0.39 is 0 Å². The lowest BCUT2D eigenvalue weighted by Gasteiger charge is -2.03. The van der Waals surface area contributed by atoms with Crippen LogP contribution in [0.1, 0.15) is 39.0 Å². The van der Waals surface area contributed by atoms with Gasteiger partial charge in [-0.15, -0.1) is 0 Å². The Morgan fingerprint density at radius 3 is 2.92 bits per heavy atom. The lowest BCUT2D eigenvalue weighted by Crippen LogP contribution is -1.97. The maximum absolute atomic E-state index is 11.0. The summed E-state index contributed by atoms with van der Waals surface area (Å²) in [5.41, 5.74) is 1.26. The van der Waals surface area contributed by atoms with Gasteiger partial charge in [-0.3, -0.25) is 0 Å². The van der Waals surface area contributed by atoms with Crippen LogP contribution in [0.15, 0.2) is 11.6 Å². The van der Waals surface area contributed by atoms with E-state index in [0.717, 1.165) is 18.8 Å². The van der Waals surface area contributed by atoms with Crippen molar-refractivity contribution in [3.05, 3.63) is 11.6 Å². The van der Waals surface area contributed by atoms with Gasteiger partial charge in [0.1, 0.15) is 0 Å². The summed E-state index contributed by atoms with van der Waals surface area (Å²) < 4.78 is 4.61. The average molecular weight is 182 g/mol. The molecule has 0 bridgehead atoms. The number of hydrogen-bond donors (Lipinski definition) is 0. The van der Waals surface area contributed by atoms with Gasteiger partial charge in [0.05, 0.1) is 7.11 Å². The zero-order valence-corrected chi connectivity index (χ0v) is 8.51. The first kappa shape index (κ1) is 10.3. The Balaban J connectivity index is 2.50. The van der Waals surface area contributed by atoms with E-state index in [0.29, 0.717) is 0 Å². The highest BCUT2D eigenvalue weighted by molar-refractivity contribution is 5.82. The molecule has 13 heavy (non-hydrogen) atoms. The first-order valence-corrected chi connectivity index (χ1v) is 4.99. The fourth-order valence-electron chi connectivity index (χ4n) is 1.75. The third-order valence-corrected chi connectivity index (χ3v) is 2.68. The monoisotopic (exact) mass is 182 g/mol. The van der Waals surface area contributed by atoms with Gasteiger partial charge in [-0.05, 0) is 31.6 Å². The summed E-state index contributed by atoms with van der Waals surface area (Å²) in [5, 5.41) is 0. The summed E-state index contributed by atoms with van der Waals surface area (Å²) in [6.07, 6.45) is 7.51. The van der Waals surface area contributed by atoms with E-state index in [-0.39, 0.29) is 5.97 Å². The summed E-state index contributed by atoms with van der Waals surface area (Å²) in [6.45, 7) is 2.28.